The van der Waals surface area contributed by atoms with Crippen LogP contribution in [0.15, 0.2) is 6.20 Å². The third kappa shape index (κ3) is 3.94. The van der Waals surface area contributed by atoms with Crippen LogP contribution < -0.4 is 4.90 Å². The minimum Gasteiger partial charge on any atom is -0.377 e. The Hall–Kier alpha value is -0.870. The maximum Gasteiger partial charge on any atom is 0.224 e. The second-order valence-corrected chi connectivity index (χ2v) is 4.32. The Morgan fingerprint density at radius 3 is 2.81 bits per heavy atom. The van der Waals surface area contributed by atoms with E-state index in [9.17, 15) is 0 Å². The second kappa shape index (κ2) is 6.01. The van der Waals surface area contributed by atoms with E-state index < -0.39 is 0 Å². The predicted molar refractivity (Wildman–Crippen MR) is 66.1 cm³/mol. The van der Waals surface area contributed by atoms with Gasteiger partial charge >= 0.3 is 0 Å². The molecule has 0 aliphatic heterocycles. The van der Waals surface area contributed by atoms with E-state index in [1.807, 2.05) is 32.7 Å². The van der Waals surface area contributed by atoms with Crippen LogP contribution in [0.25, 0.3) is 0 Å². The lowest BCUT2D eigenvalue weighted by molar-refractivity contribution is 0.0845. The molecule has 0 N–H and O–H groups in total. The minimum atomic E-state index is 0.253. The van der Waals surface area contributed by atoms with E-state index in [4.69, 9.17) is 16.3 Å². The van der Waals surface area contributed by atoms with E-state index in [-0.39, 0.29) is 11.4 Å². The van der Waals surface area contributed by atoms with Gasteiger partial charge in [-0.05, 0) is 32.4 Å². The molecule has 0 aromatic carbocycles. The number of aryl methyl sites for hydroxylation is 1. The monoisotopic (exact) mass is 243 g/mol. The Morgan fingerprint density at radius 1 is 1.50 bits per heavy atom. The third-order valence-electron chi connectivity index (χ3n) is 2.16. The highest BCUT2D eigenvalue weighted by Gasteiger charge is 2.08. The molecule has 0 fully saturated rings. The van der Waals surface area contributed by atoms with E-state index in [0.29, 0.717) is 6.61 Å². The molecular formula is C11H18ClN3O. The van der Waals surface area contributed by atoms with Gasteiger partial charge in [-0.1, -0.05) is 0 Å². The van der Waals surface area contributed by atoms with Crippen molar-refractivity contribution in [1.82, 2.24) is 9.97 Å². The van der Waals surface area contributed by atoms with Gasteiger partial charge in [-0.25, -0.2) is 9.97 Å². The second-order valence-electron chi connectivity index (χ2n) is 3.99. The van der Waals surface area contributed by atoms with Gasteiger partial charge in [-0.2, -0.15) is 0 Å². The Balaban J connectivity index is 2.58. The molecule has 0 saturated heterocycles. The molecule has 0 bridgehead atoms. The molecule has 0 radical (unpaired) electrons. The Labute approximate surface area is 102 Å². The predicted octanol–water partition coefficient (Wildman–Crippen LogP) is 2.30. The molecule has 0 aliphatic carbocycles. The molecule has 0 saturated carbocycles. The van der Waals surface area contributed by atoms with Gasteiger partial charge in [0.2, 0.25) is 5.28 Å². The number of aromatic nitrogens is 2. The van der Waals surface area contributed by atoms with E-state index in [1.54, 1.807) is 6.20 Å². The summed E-state index contributed by atoms with van der Waals surface area (Å²) in [5, 5.41) is 0.275. The Morgan fingerprint density at radius 2 is 2.19 bits per heavy atom. The van der Waals surface area contributed by atoms with E-state index in [2.05, 4.69) is 9.97 Å². The van der Waals surface area contributed by atoms with Gasteiger partial charge in [-0.3, -0.25) is 0 Å². The van der Waals surface area contributed by atoms with E-state index in [1.165, 1.54) is 0 Å². The lowest BCUT2D eigenvalue weighted by Gasteiger charge is -2.20. The van der Waals surface area contributed by atoms with Crippen LogP contribution in [0.2, 0.25) is 5.28 Å². The molecule has 4 nitrogen and oxygen atoms in total. The average Bonchev–Trinajstić information content (AvgIpc) is 2.21. The summed E-state index contributed by atoms with van der Waals surface area (Å²) in [6.07, 6.45) is 1.98. The maximum absolute atomic E-state index is 5.77. The normalized spacial score (nSPS) is 10.9. The first-order chi connectivity index (χ1) is 7.50. The van der Waals surface area contributed by atoms with Crippen LogP contribution in [0.3, 0.4) is 0 Å². The topological polar surface area (TPSA) is 38.2 Å². The van der Waals surface area contributed by atoms with Gasteiger partial charge in [0.25, 0.3) is 0 Å². The first kappa shape index (κ1) is 13.2. The first-order valence-electron chi connectivity index (χ1n) is 5.32. The number of hydrogen-bond donors (Lipinski definition) is 0. The molecule has 16 heavy (non-hydrogen) atoms. The Bertz CT molecular complexity index is 344. The highest BCUT2D eigenvalue weighted by Crippen LogP contribution is 2.16. The molecule has 0 amide bonds. The Kier molecular flexibility index (Phi) is 4.96. The van der Waals surface area contributed by atoms with Crippen LogP contribution in [0.5, 0.6) is 0 Å². The summed E-state index contributed by atoms with van der Waals surface area (Å²) in [5.41, 5.74) is 1.01. The SMILES string of the molecule is Cc1cnc(Cl)nc1N(C)CCOC(C)C. The zero-order valence-corrected chi connectivity index (χ0v) is 11.0. The molecular weight excluding hydrogens is 226 g/mol. The molecule has 5 heteroatoms. The summed E-state index contributed by atoms with van der Waals surface area (Å²) in [6.45, 7) is 7.46. The maximum atomic E-state index is 5.77. The van der Waals surface area contributed by atoms with E-state index in [0.717, 1.165) is 17.9 Å². The molecule has 1 aromatic heterocycles. The first-order valence-corrected chi connectivity index (χ1v) is 5.70. The van der Waals surface area contributed by atoms with Crippen molar-refractivity contribution in [2.45, 2.75) is 26.9 Å². The zero-order valence-electron chi connectivity index (χ0n) is 10.2. The van der Waals surface area contributed by atoms with Crippen LogP contribution in [0.4, 0.5) is 5.82 Å². The van der Waals surface area contributed by atoms with Crippen LogP contribution in [-0.4, -0.2) is 36.3 Å². The van der Waals surface area contributed by atoms with Gasteiger partial charge in [0.05, 0.1) is 12.7 Å². The van der Waals surface area contributed by atoms with Crippen LogP contribution >= 0.6 is 11.6 Å². The fourth-order valence-corrected chi connectivity index (χ4v) is 1.46. The largest absolute Gasteiger partial charge is 0.377 e. The number of hydrogen-bond acceptors (Lipinski definition) is 4. The van der Waals surface area contributed by atoms with Crippen molar-refractivity contribution >= 4 is 17.4 Å². The number of anilines is 1. The molecule has 1 aromatic rings. The van der Waals surface area contributed by atoms with Crippen LogP contribution in [0.1, 0.15) is 19.4 Å². The lowest BCUT2D eigenvalue weighted by Crippen LogP contribution is -2.25. The van der Waals surface area contributed by atoms with Crippen molar-refractivity contribution in [2.75, 3.05) is 25.1 Å². The quantitative estimate of drug-likeness (QED) is 0.744. The molecule has 1 rings (SSSR count). The summed E-state index contributed by atoms with van der Waals surface area (Å²) < 4.78 is 5.49. The number of halogens is 1. The molecule has 90 valence electrons. The van der Waals surface area contributed by atoms with Crippen molar-refractivity contribution in [1.29, 1.82) is 0 Å². The zero-order chi connectivity index (χ0) is 12.1. The summed E-state index contributed by atoms with van der Waals surface area (Å²) in [4.78, 5) is 10.1. The van der Waals surface area contributed by atoms with Crippen LogP contribution in [-0.2, 0) is 4.74 Å². The number of ether oxygens (including phenoxy) is 1. The van der Waals surface area contributed by atoms with Gasteiger partial charge in [0.1, 0.15) is 5.82 Å². The molecule has 1 heterocycles. The van der Waals surface area contributed by atoms with Crippen molar-refractivity contribution in [2.24, 2.45) is 0 Å². The lowest BCUT2D eigenvalue weighted by atomic mass is 10.3. The smallest absolute Gasteiger partial charge is 0.224 e. The summed E-state index contributed by atoms with van der Waals surface area (Å²) in [7, 11) is 1.97. The molecule has 0 unspecified atom stereocenters. The number of rotatable bonds is 5. The van der Waals surface area contributed by atoms with E-state index >= 15 is 0 Å². The summed E-state index contributed by atoms with van der Waals surface area (Å²) in [5.74, 6) is 0.854. The third-order valence-corrected chi connectivity index (χ3v) is 2.34. The molecule has 0 aliphatic rings. The standard InChI is InChI=1S/C11H18ClN3O/c1-8(2)16-6-5-15(4)10-9(3)7-13-11(12)14-10/h7-8H,5-6H2,1-4H3. The number of likely N-dealkylation sites (N-methyl/N-ethyl adjacent to an activating group) is 1. The van der Waals surface area contributed by atoms with Crippen LogP contribution in [0, 0.1) is 6.92 Å². The molecule has 0 atom stereocenters. The highest BCUT2D eigenvalue weighted by atomic mass is 35.5. The van der Waals surface area contributed by atoms with Crippen molar-refractivity contribution in [3.8, 4) is 0 Å². The summed E-state index contributed by atoms with van der Waals surface area (Å²) >= 11 is 5.77. The van der Waals surface area contributed by atoms with Gasteiger partial charge < -0.3 is 9.64 Å². The fraction of sp³-hybridized carbons (Fsp3) is 0.636. The minimum absolute atomic E-state index is 0.253. The highest BCUT2D eigenvalue weighted by molar-refractivity contribution is 6.28. The number of nitrogens with zero attached hydrogens (tertiary/aromatic N) is 3. The fourth-order valence-electron chi connectivity index (χ4n) is 1.33. The average molecular weight is 244 g/mol. The van der Waals surface area contributed by atoms with Crippen molar-refractivity contribution in [3.05, 3.63) is 17.0 Å². The van der Waals surface area contributed by atoms with Gasteiger partial charge in [0, 0.05) is 25.4 Å². The van der Waals surface area contributed by atoms with Crippen molar-refractivity contribution < 1.29 is 4.74 Å². The van der Waals surface area contributed by atoms with Gasteiger partial charge in [-0.15, -0.1) is 0 Å². The van der Waals surface area contributed by atoms with Gasteiger partial charge in [0.15, 0.2) is 0 Å². The van der Waals surface area contributed by atoms with Crippen molar-refractivity contribution in [3.63, 3.8) is 0 Å². The molecule has 0 spiro atoms. The summed E-state index contributed by atoms with van der Waals surface area (Å²) in [6, 6.07) is 0.